The third-order valence-electron chi connectivity index (χ3n) is 10.7. The Bertz CT molecular complexity index is 1160. The summed E-state index contributed by atoms with van der Waals surface area (Å²) in [5.41, 5.74) is 2.38. The number of fused-ring (bicyclic) bond motifs is 5. The second-order valence-corrected chi connectivity index (χ2v) is 12.5. The SMILES string of the molecule is CCOC(=O)N(Cc1ccc(OC)cc1OC)C[C@]1(O)CC[C@H]2C3=CC=C4C[C@@H](O)CC[C@]4(C)[C@H]3CC[C@@]21C. The first-order valence-electron chi connectivity index (χ1n) is 14.5. The summed E-state index contributed by atoms with van der Waals surface area (Å²) in [4.78, 5) is 14.8. The van der Waals surface area contributed by atoms with Crippen molar-refractivity contribution in [3.63, 3.8) is 0 Å². The maximum atomic E-state index is 13.2. The van der Waals surface area contributed by atoms with Gasteiger partial charge in [-0.1, -0.05) is 37.1 Å². The summed E-state index contributed by atoms with van der Waals surface area (Å²) in [6.45, 7) is 7.16. The van der Waals surface area contributed by atoms with Crippen LogP contribution in [0.5, 0.6) is 11.5 Å². The van der Waals surface area contributed by atoms with Gasteiger partial charge in [-0.3, -0.25) is 0 Å². The first-order valence-corrected chi connectivity index (χ1v) is 14.5. The summed E-state index contributed by atoms with van der Waals surface area (Å²) < 4.78 is 16.4. The minimum atomic E-state index is -1.04. The molecule has 0 unspecified atom stereocenters. The molecule has 7 heteroatoms. The lowest BCUT2D eigenvalue weighted by Crippen LogP contribution is -2.56. The summed E-state index contributed by atoms with van der Waals surface area (Å²) in [6, 6.07) is 5.56. The Labute approximate surface area is 232 Å². The topological polar surface area (TPSA) is 88.5 Å². The van der Waals surface area contributed by atoms with Gasteiger partial charge in [0.1, 0.15) is 11.5 Å². The van der Waals surface area contributed by atoms with Gasteiger partial charge in [0.25, 0.3) is 0 Å². The highest BCUT2D eigenvalue weighted by molar-refractivity contribution is 5.68. The molecule has 3 saturated carbocycles. The zero-order valence-electron chi connectivity index (χ0n) is 24.2. The molecule has 4 aliphatic carbocycles. The number of rotatable bonds is 7. The molecule has 0 spiro atoms. The number of carbonyl (C=O) groups excluding carboxylic acids is 1. The van der Waals surface area contributed by atoms with Crippen LogP contribution in [0.15, 0.2) is 41.5 Å². The van der Waals surface area contributed by atoms with Crippen LogP contribution in [0.1, 0.15) is 71.3 Å². The van der Waals surface area contributed by atoms with Gasteiger partial charge in [-0.15, -0.1) is 0 Å². The van der Waals surface area contributed by atoms with Gasteiger partial charge < -0.3 is 29.3 Å². The van der Waals surface area contributed by atoms with Crippen molar-refractivity contribution in [2.45, 2.75) is 84.0 Å². The first-order chi connectivity index (χ1) is 18.6. The van der Waals surface area contributed by atoms with Crippen molar-refractivity contribution in [2.75, 3.05) is 27.4 Å². The van der Waals surface area contributed by atoms with E-state index in [0.717, 1.165) is 44.1 Å². The highest BCUT2D eigenvalue weighted by Crippen LogP contribution is 2.66. The zero-order valence-corrected chi connectivity index (χ0v) is 24.2. The van der Waals surface area contributed by atoms with Crippen molar-refractivity contribution in [2.24, 2.45) is 22.7 Å². The second-order valence-electron chi connectivity index (χ2n) is 12.5. The van der Waals surface area contributed by atoms with Gasteiger partial charge in [0.05, 0.1) is 45.6 Å². The standard InChI is InChI=1S/C32H45NO6/c1-6-39-29(35)33(19-21-7-9-24(37-4)18-28(21)38-5)20-32(36)16-13-27-25-10-8-22-17-23(34)11-14-30(22,2)26(25)12-15-31(27,32)3/h7-10,18,23,26-27,34,36H,6,11-17,19-20H2,1-5H3/t23-,26-,27-,30-,31-,32+/m0/s1. The molecular weight excluding hydrogens is 494 g/mol. The van der Waals surface area contributed by atoms with Crippen LogP contribution in [-0.4, -0.2) is 60.3 Å². The summed E-state index contributed by atoms with van der Waals surface area (Å²) in [5, 5.41) is 22.7. The maximum Gasteiger partial charge on any atom is 0.410 e. The van der Waals surface area contributed by atoms with Crippen molar-refractivity contribution in [1.82, 2.24) is 4.90 Å². The van der Waals surface area contributed by atoms with Gasteiger partial charge in [-0.05, 0) is 81.3 Å². The van der Waals surface area contributed by atoms with E-state index in [1.807, 2.05) is 18.2 Å². The Morgan fingerprint density at radius 2 is 1.82 bits per heavy atom. The lowest BCUT2D eigenvalue weighted by atomic mass is 9.50. The predicted molar refractivity (Wildman–Crippen MR) is 150 cm³/mol. The van der Waals surface area contributed by atoms with Crippen molar-refractivity contribution in [3.05, 3.63) is 47.1 Å². The number of allylic oxidation sites excluding steroid dienone is 3. The number of hydrogen-bond acceptors (Lipinski definition) is 6. The summed E-state index contributed by atoms with van der Waals surface area (Å²) in [5.74, 6) is 2.03. The fraction of sp³-hybridized carbons (Fsp3) is 0.656. The van der Waals surface area contributed by atoms with E-state index >= 15 is 0 Å². The van der Waals surface area contributed by atoms with Gasteiger partial charge in [-0.25, -0.2) is 4.79 Å². The molecule has 0 bridgehead atoms. The van der Waals surface area contributed by atoms with Crippen LogP contribution >= 0.6 is 0 Å². The Hall–Kier alpha value is -2.51. The van der Waals surface area contributed by atoms with Gasteiger partial charge in [0, 0.05) is 17.0 Å². The zero-order chi connectivity index (χ0) is 28.0. The molecule has 0 aromatic heterocycles. The Morgan fingerprint density at radius 3 is 2.54 bits per heavy atom. The third-order valence-corrected chi connectivity index (χ3v) is 10.7. The van der Waals surface area contributed by atoms with Crippen LogP contribution in [-0.2, 0) is 11.3 Å². The number of aliphatic hydroxyl groups is 2. The van der Waals surface area contributed by atoms with Crippen molar-refractivity contribution >= 4 is 6.09 Å². The number of amides is 1. The van der Waals surface area contributed by atoms with E-state index in [1.165, 1.54) is 11.1 Å². The molecule has 0 radical (unpaired) electrons. The van der Waals surface area contributed by atoms with Gasteiger partial charge in [0.2, 0.25) is 0 Å². The van der Waals surface area contributed by atoms with E-state index in [-0.39, 0.29) is 42.5 Å². The second kappa shape index (κ2) is 10.5. The molecule has 1 amide bonds. The van der Waals surface area contributed by atoms with E-state index in [9.17, 15) is 15.0 Å². The van der Waals surface area contributed by atoms with Gasteiger partial charge in [0.15, 0.2) is 0 Å². The predicted octanol–water partition coefficient (Wildman–Crippen LogP) is 5.64. The molecule has 2 N–H and O–H groups in total. The molecule has 3 fully saturated rings. The number of ether oxygens (including phenoxy) is 3. The maximum absolute atomic E-state index is 13.2. The normalized spacial score (nSPS) is 35.1. The molecule has 1 aromatic rings. The molecule has 5 rings (SSSR count). The molecule has 214 valence electrons. The number of aliphatic hydroxyl groups excluding tert-OH is 1. The molecule has 7 nitrogen and oxygen atoms in total. The Kier molecular flexibility index (Phi) is 7.53. The molecule has 4 aliphatic rings. The van der Waals surface area contributed by atoms with Crippen molar-refractivity contribution < 1.29 is 29.2 Å². The minimum Gasteiger partial charge on any atom is -0.497 e. The molecular formula is C32H45NO6. The van der Waals surface area contributed by atoms with E-state index < -0.39 is 11.7 Å². The number of methoxy groups -OCH3 is 2. The fourth-order valence-corrected chi connectivity index (χ4v) is 8.26. The van der Waals surface area contributed by atoms with Crippen LogP contribution in [0.4, 0.5) is 4.79 Å². The average molecular weight is 540 g/mol. The summed E-state index contributed by atoms with van der Waals surface area (Å²) in [6.07, 6.45) is 10.00. The lowest BCUT2D eigenvalue weighted by Gasteiger charge is -2.56. The number of hydrogen-bond donors (Lipinski definition) is 2. The summed E-state index contributed by atoms with van der Waals surface area (Å²) >= 11 is 0. The van der Waals surface area contributed by atoms with Crippen molar-refractivity contribution in [3.8, 4) is 11.5 Å². The van der Waals surface area contributed by atoms with Gasteiger partial charge >= 0.3 is 6.09 Å². The molecule has 39 heavy (non-hydrogen) atoms. The number of benzene rings is 1. The fourth-order valence-electron chi connectivity index (χ4n) is 8.26. The Balaban J connectivity index is 1.42. The first kappa shape index (κ1) is 28.0. The van der Waals surface area contributed by atoms with Crippen molar-refractivity contribution in [1.29, 1.82) is 0 Å². The third kappa shape index (κ3) is 4.65. The summed E-state index contributed by atoms with van der Waals surface area (Å²) in [7, 11) is 3.21. The van der Waals surface area contributed by atoms with Crippen LogP contribution < -0.4 is 9.47 Å². The van der Waals surface area contributed by atoms with E-state index in [0.29, 0.717) is 23.8 Å². The van der Waals surface area contributed by atoms with Crippen LogP contribution in [0.2, 0.25) is 0 Å². The van der Waals surface area contributed by atoms with Crippen LogP contribution in [0.25, 0.3) is 0 Å². The van der Waals surface area contributed by atoms with E-state index in [1.54, 1.807) is 26.0 Å². The molecule has 0 saturated heterocycles. The van der Waals surface area contributed by atoms with E-state index in [2.05, 4.69) is 26.0 Å². The molecule has 0 aliphatic heterocycles. The van der Waals surface area contributed by atoms with Gasteiger partial charge in [-0.2, -0.15) is 0 Å². The quantitative estimate of drug-likeness (QED) is 0.466. The van der Waals surface area contributed by atoms with Crippen LogP contribution in [0.3, 0.4) is 0 Å². The largest absolute Gasteiger partial charge is 0.497 e. The highest BCUT2D eigenvalue weighted by atomic mass is 16.6. The van der Waals surface area contributed by atoms with E-state index in [4.69, 9.17) is 14.2 Å². The Morgan fingerprint density at radius 1 is 1.05 bits per heavy atom. The number of carbonyl (C=O) groups is 1. The van der Waals surface area contributed by atoms with Crippen LogP contribution in [0, 0.1) is 22.7 Å². The lowest BCUT2D eigenvalue weighted by molar-refractivity contribution is -0.100. The smallest absolute Gasteiger partial charge is 0.410 e. The minimum absolute atomic E-state index is 0.0905. The molecule has 6 atom stereocenters. The monoisotopic (exact) mass is 539 g/mol. The molecule has 0 heterocycles. The number of nitrogens with zero attached hydrogens (tertiary/aromatic N) is 1. The average Bonchev–Trinajstić information content (AvgIpc) is 3.19. The highest BCUT2D eigenvalue weighted by Gasteiger charge is 2.62. The molecule has 1 aromatic carbocycles.